The summed E-state index contributed by atoms with van der Waals surface area (Å²) in [7, 11) is 0.0729. The van der Waals surface area contributed by atoms with Crippen LogP contribution < -0.4 is 5.32 Å². The predicted octanol–water partition coefficient (Wildman–Crippen LogP) is 10.0. The Labute approximate surface area is 499 Å². The second-order valence-corrected chi connectivity index (χ2v) is 30.6. The molecule has 6 rings (SSSR count). The van der Waals surface area contributed by atoms with Crippen LogP contribution in [0.25, 0.3) is 0 Å². The zero-order valence-electron chi connectivity index (χ0n) is 54.4. The van der Waals surface area contributed by atoms with Gasteiger partial charge in [0.25, 0.3) is 0 Å². The molecule has 6 saturated heterocycles. The van der Waals surface area contributed by atoms with E-state index in [2.05, 4.69) is 93.8 Å². The molecule has 0 saturated carbocycles. The summed E-state index contributed by atoms with van der Waals surface area (Å²) in [6.45, 7) is 54.4. The lowest BCUT2D eigenvalue weighted by atomic mass is 10.0. The van der Waals surface area contributed by atoms with Gasteiger partial charge in [0.15, 0.2) is 0 Å². The number of piperazine rings is 6. The molecule has 1 atom stereocenters. The molecule has 80 heavy (non-hydrogen) atoms. The van der Waals surface area contributed by atoms with E-state index in [1.807, 2.05) is 0 Å². The Balaban J connectivity index is 0.776. The monoisotopic (exact) mass is 1140 g/mol. The maximum Gasteiger partial charge on any atom is 0.0126 e. The largest absolute Gasteiger partial charge is 0.314 e. The third-order valence-electron chi connectivity index (χ3n) is 20.4. The van der Waals surface area contributed by atoms with E-state index >= 15 is 0 Å². The third-order valence-corrected chi connectivity index (χ3v) is 22.9. The second-order valence-electron chi connectivity index (χ2n) is 27.9. The minimum absolute atomic E-state index is 0.0729. The topological polar surface area (TPSA) is 47.7 Å². The van der Waals surface area contributed by atoms with E-state index in [0.717, 1.165) is 0 Å². The van der Waals surface area contributed by atoms with Gasteiger partial charge in [0, 0.05) is 188 Å². The molecule has 0 amide bonds. The molecule has 0 spiro atoms. The maximum atomic E-state index is 3.48. The van der Waals surface area contributed by atoms with Gasteiger partial charge in [0.2, 0.25) is 0 Å². The summed E-state index contributed by atoms with van der Waals surface area (Å²) in [5.74, 6) is 0. The van der Waals surface area contributed by atoms with Crippen LogP contribution in [-0.4, -0.2) is 300 Å². The normalized spacial score (nSPS) is 22.1. The Bertz CT molecular complexity index is 1430. The van der Waals surface area contributed by atoms with Gasteiger partial charge in [-0.15, -0.1) is 7.92 Å². The van der Waals surface area contributed by atoms with Crippen LogP contribution >= 0.6 is 7.92 Å². The molecule has 470 valence electrons. The van der Waals surface area contributed by atoms with Crippen molar-refractivity contribution < 1.29 is 0 Å². The van der Waals surface area contributed by atoms with Crippen molar-refractivity contribution >= 4 is 7.92 Å². The highest BCUT2D eigenvalue weighted by Gasteiger charge is 2.26. The third kappa shape index (κ3) is 31.0. The van der Waals surface area contributed by atoms with Crippen molar-refractivity contribution in [3.63, 3.8) is 0 Å². The SMILES string of the molecule is CC(C)N1CCN(CCCCCCCCCCN2CCN(CCP(CCN3CCN(CCCCCCCCCCN4CCNCC4)CC3)CCN3CCN(CCCCCCCCCCN4CCN(C(C)(C)C)CC4)CC3)CC2)CC1. The molecule has 0 bridgehead atoms. The molecular formula is C67H137N12P. The molecule has 13 heteroatoms. The first-order valence-electron chi connectivity index (χ1n) is 35.6. The van der Waals surface area contributed by atoms with Crippen LogP contribution in [0.2, 0.25) is 0 Å². The van der Waals surface area contributed by atoms with E-state index in [4.69, 9.17) is 0 Å². The number of unbranched alkanes of at least 4 members (excludes halogenated alkanes) is 21. The molecule has 12 nitrogen and oxygen atoms in total. The van der Waals surface area contributed by atoms with E-state index in [1.165, 1.54) is 389 Å². The molecule has 0 aromatic heterocycles. The van der Waals surface area contributed by atoms with Crippen molar-refractivity contribution in [1.82, 2.24) is 59.2 Å². The molecule has 0 aromatic rings. The molecule has 6 heterocycles. The number of nitrogens with zero attached hydrogens (tertiary/aromatic N) is 11. The minimum atomic E-state index is 0.0729. The highest BCUT2D eigenvalue weighted by molar-refractivity contribution is 7.57. The van der Waals surface area contributed by atoms with E-state index in [9.17, 15) is 0 Å². The smallest absolute Gasteiger partial charge is 0.0126 e. The number of rotatable bonds is 43. The van der Waals surface area contributed by atoms with Gasteiger partial charge in [0.05, 0.1) is 0 Å². The molecule has 1 unspecified atom stereocenters. The molecule has 0 radical (unpaired) electrons. The molecule has 6 fully saturated rings. The van der Waals surface area contributed by atoms with Crippen molar-refractivity contribution in [3.8, 4) is 0 Å². The van der Waals surface area contributed by atoms with Gasteiger partial charge >= 0.3 is 0 Å². The van der Waals surface area contributed by atoms with Crippen LogP contribution in [0.4, 0.5) is 0 Å². The van der Waals surface area contributed by atoms with Crippen molar-refractivity contribution in [2.45, 2.75) is 200 Å². The fourth-order valence-corrected chi connectivity index (χ4v) is 16.5. The van der Waals surface area contributed by atoms with Gasteiger partial charge in [0.1, 0.15) is 0 Å². The average molecular weight is 1140 g/mol. The molecular weight excluding hydrogens is 1000 g/mol. The lowest BCUT2D eigenvalue weighted by molar-refractivity contribution is 0.0616. The Morgan fingerprint density at radius 3 is 0.738 bits per heavy atom. The lowest BCUT2D eigenvalue weighted by Gasteiger charge is -2.42. The molecule has 0 aliphatic carbocycles. The van der Waals surface area contributed by atoms with Gasteiger partial charge in [-0.3, -0.25) is 9.80 Å². The Morgan fingerprint density at radius 2 is 0.487 bits per heavy atom. The molecule has 6 aliphatic rings. The first-order valence-corrected chi connectivity index (χ1v) is 37.5. The molecule has 1 N–H and O–H groups in total. The highest BCUT2D eigenvalue weighted by Crippen LogP contribution is 2.35. The van der Waals surface area contributed by atoms with Gasteiger partial charge in [-0.1, -0.05) is 116 Å². The zero-order valence-corrected chi connectivity index (χ0v) is 55.3. The van der Waals surface area contributed by atoms with E-state index in [0.29, 0.717) is 11.6 Å². The van der Waals surface area contributed by atoms with Crippen LogP contribution in [0.1, 0.15) is 189 Å². The van der Waals surface area contributed by atoms with Gasteiger partial charge in [-0.05, 0) is 131 Å². The molecule has 0 aromatic carbocycles. The van der Waals surface area contributed by atoms with Crippen LogP contribution in [0.15, 0.2) is 0 Å². The summed E-state index contributed by atoms with van der Waals surface area (Å²) in [5, 5.41) is 3.48. The van der Waals surface area contributed by atoms with E-state index in [1.54, 1.807) is 0 Å². The number of hydrogen-bond donors (Lipinski definition) is 1. The maximum absolute atomic E-state index is 3.48. The Morgan fingerprint density at radius 1 is 0.275 bits per heavy atom. The summed E-state index contributed by atoms with van der Waals surface area (Å²) in [6, 6.07) is 0.709. The standard InChI is InChI=1S/C67H137N12P/c1-66(2)78-56-52-73(53-57-78)36-28-22-16-10-8-14-20-26-34-71-42-48-76(49-43-71)61-64-80(63-60-75-46-40-70(41-47-75)33-25-19-13-7-6-12-18-24-32-69-38-30-68-31-39-69)65-62-77-50-44-72(45-51-77)35-27-21-15-9-11-17-23-29-37-74-54-58-79(59-55-74)67(3,4)5/h66,68H,6-65H2,1-5H3. The highest BCUT2D eigenvalue weighted by atomic mass is 31.1. The van der Waals surface area contributed by atoms with Crippen molar-refractivity contribution in [3.05, 3.63) is 0 Å². The van der Waals surface area contributed by atoms with Crippen molar-refractivity contribution in [2.75, 3.05) is 234 Å². The van der Waals surface area contributed by atoms with E-state index in [-0.39, 0.29) is 7.92 Å². The minimum Gasteiger partial charge on any atom is -0.314 e. The predicted molar refractivity (Wildman–Crippen MR) is 351 cm³/mol. The summed E-state index contributed by atoms with van der Waals surface area (Å²) in [4.78, 5) is 30.4. The summed E-state index contributed by atoms with van der Waals surface area (Å²) < 4.78 is 0. The second kappa shape index (κ2) is 42.7. The Hall–Kier alpha value is -0.0500. The fourth-order valence-electron chi connectivity index (χ4n) is 14.2. The molecule has 6 aliphatic heterocycles. The fraction of sp³-hybridized carbons (Fsp3) is 1.00. The van der Waals surface area contributed by atoms with Crippen LogP contribution in [-0.2, 0) is 0 Å². The van der Waals surface area contributed by atoms with Crippen molar-refractivity contribution in [2.24, 2.45) is 0 Å². The zero-order chi connectivity index (χ0) is 56.1. The van der Waals surface area contributed by atoms with Crippen LogP contribution in [0, 0.1) is 0 Å². The number of hydrogen-bond acceptors (Lipinski definition) is 12. The Kier molecular flexibility index (Phi) is 36.9. The van der Waals surface area contributed by atoms with Gasteiger partial charge in [-0.25, -0.2) is 0 Å². The van der Waals surface area contributed by atoms with E-state index < -0.39 is 0 Å². The van der Waals surface area contributed by atoms with Crippen LogP contribution in [0.3, 0.4) is 0 Å². The lowest BCUT2D eigenvalue weighted by Crippen LogP contribution is -2.53. The van der Waals surface area contributed by atoms with Crippen LogP contribution in [0.5, 0.6) is 0 Å². The van der Waals surface area contributed by atoms with Gasteiger partial charge in [-0.2, -0.15) is 0 Å². The summed E-state index contributed by atoms with van der Waals surface area (Å²) in [5.41, 5.74) is 0.327. The first kappa shape index (κ1) is 69.1. The van der Waals surface area contributed by atoms with Crippen molar-refractivity contribution in [1.29, 1.82) is 0 Å². The quantitative estimate of drug-likeness (QED) is 0.0468. The summed E-state index contributed by atoms with van der Waals surface area (Å²) in [6.07, 6.45) is 38.8. The van der Waals surface area contributed by atoms with Gasteiger partial charge < -0.3 is 49.4 Å². The average Bonchev–Trinajstić information content (AvgIpc) is 3.48. The number of nitrogens with one attached hydrogen (secondary N) is 1. The first-order chi connectivity index (χ1) is 39.2. The summed E-state index contributed by atoms with van der Waals surface area (Å²) >= 11 is 0.